The highest BCUT2D eigenvalue weighted by Crippen LogP contribution is 2.28. The van der Waals surface area contributed by atoms with E-state index in [0.717, 1.165) is 11.2 Å². The highest BCUT2D eigenvalue weighted by Gasteiger charge is 2.28. The Kier molecular flexibility index (Phi) is 4.67. The van der Waals surface area contributed by atoms with Crippen LogP contribution in [0.5, 0.6) is 0 Å². The lowest BCUT2D eigenvalue weighted by Crippen LogP contribution is -2.40. The molecule has 1 aromatic carbocycles. The number of hydrogen-bond donors (Lipinski definition) is 0. The molecule has 10 heteroatoms. The quantitative estimate of drug-likeness (QED) is 0.666. The minimum Gasteiger partial charge on any atom is -0.383 e. The van der Waals surface area contributed by atoms with Crippen LogP contribution in [0.15, 0.2) is 24.5 Å². The molecule has 1 saturated heterocycles. The number of anilines is 1. The van der Waals surface area contributed by atoms with E-state index in [1.807, 2.05) is 0 Å². The fraction of sp³-hybridized carbons (Fsp3) is 0.438. The zero-order valence-electron chi connectivity index (χ0n) is 14.2. The maximum absolute atomic E-state index is 13.5. The molecule has 3 heterocycles. The van der Waals surface area contributed by atoms with Gasteiger partial charge in [-0.3, -0.25) is 0 Å². The lowest BCUT2D eigenvalue weighted by Gasteiger charge is -2.33. The van der Waals surface area contributed by atoms with E-state index in [0.29, 0.717) is 44.2 Å². The van der Waals surface area contributed by atoms with E-state index in [9.17, 15) is 4.39 Å². The Morgan fingerprint density at radius 3 is 3.15 bits per heavy atom. The highest BCUT2D eigenvalue weighted by atomic mass is 19.1. The van der Waals surface area contributed by atoms with Crippen LogP contribution in [0, 0.1) is 5.82 Å². The molecule has 4 rings (SSSR count). The Balaban J connectivity index is 1.61. The second kappa shape index (κ2) is 7.26. The fourth-order valence-corrected chi connectivity index (χ4v) is 3.05. The van der Waals surface area contributed by atoms with Crippen LogP contribution in [0.3, 0.4) is 0 Å². The number of ether oxygens (including phenoxy) is 2. The topological polar surface area (TPSA) is 91.1 Å². The van der Waals surface area contributed by atoms with Gasteiger partial charge in [-0.2, -0.15) is 0 Å². The molecule has 0 aliphatic carbocycles. The number of nitrogens with zero attached hydrogens (tertiary/aromatic N) is 7. The number of tetrazole rings is 1. The van der Waals surface area contributed by atoms with Gasteiger partial charge in [0.1, 0.15) is 24.1 Å². The minimum absolute atomic E-state index is 0.291. The molecule has 0 unspecified atom stereocenters. The van der Waals surface area contributed by atoms with Gasteiger partial charge in [-0.15, -0.1) is 5.10 Å². The molecular weight excluding hydrogens is 341 g/mol. The number of benzene rings is 1. The third-order valence-electron chi connectivity index (χ3n) is 4.30. The van der Waals surface area contributed by atoms with Gasteiger partial charge in [-0.1, -0.05) is 0 Å². The van der Waals surface area contributed by atoms with E-state index in [2.05, 4.69) is 30.4 Å². The van der Waals surface area contributed by atoms with E-state index in [4.69, 9.17) is 9.47 Å². The van der Waals surface area contributed by atoms with Crippen molar-refractivity contribution in [2.45, 2.75) is 12.6 Å². The van der Waals surface area contributed by atoms with E-state index < -0.39 is 0 Å². The monoisotopic (exact) mass is 359 g/mol. The van der Waals surface area contributed by atoms with Gasteiger partial charge in [0.25, 0.3) is 0 Å². The number of aromatic nitrogens is 6. The van der Waals surface area contributed by atoms with Gasteiger partial charge in [-0.05, 0) is 22.6 Å². The fourth-order valence-electron chi connectivity index (χ4n) is 3.05. The van der Waals surface area contributed by atoms with Crippen LogP contribution >= 0.6 is 0 Å². The smallest absolute Gasteiger partial charge is 0.182 e. The predicted octanol–water partition coefficient (Wildman–Crippen LogP) is 0.980. The van der Waals surface area contributed by atoms with Gasteiger partial charge >= 0.3 is 0 Å². The molecule has 1 fully saturated rings. The van der Waals surface area contributed by atoms with E-state index in [1.54, 1.807) is 17.9 Å². The standard InChI is InChI=1S/C16H18FN7O2/c1-25-6-5-24-16(20-21-22-24)14-9-23(4-7-26-14)15-12-3-2-11(17)8-13(12)18-10-19-15/h2-3,8,10,14H,4-7,9H2,1H3/t14-/m0/s1. The molecule has 1 atom stereocenters. The van der Waals surface area contributed by atoms with Crippen LogP contribution in [0.1, 0.15) is 11.9 Å². The molecule has 0 bridgehead atoms. The Morgan fingerprint density at radius 2 is 2.27 bits per heavy atom. The first-order valence-corrected chi connectivity index (χ1v) is 8.28. The molecule has 0 spiro atoms. The van der Waals surface area contributed by atoms with Crippen molar-refractivity contribution in [3.05, 3.63) is 36.2 Å². The first kappa shape index (κ1) is 16.7. The highest BCUT2D eigenvalue weighted by molar-refractivity contribution is 5.89. The summed E-state index contributed by atoms with van der Waals surface area (Å²) in [6.07, 6.45) is 1.16. The lowest BCUT2D eigenvalue weighted by atomic mass is 10.2. The summed E-state index contributed by atoms with van der Waals surface area (Å²) in [5.74, 6) is 1.08. The normalized spacial score (nSPS) is 17.8. The van der Waals surface area contributed by atoms with Crippen molar-refractivity contribution in [3.8, 4) is 0 Å². The maximum atomic E-state index is 13.5. The Labute approximate surface area is 148 Å². The number of methoxy groups -OCH3 is 1. The number of rotatable bonds is 5. The Hall–Kier alpha value is -2.72. The van der Waals surface area contributed by atoms with Crippen LogP contribution in [-0.4, -0.2) is 63.6 Å². The summed E-state index contributed by atoms with van der Waals surface area (Å²) < 4.78 is 26.1. The van der Waals surface area contributed by atoms with Crippen molar-refractivity contribution in [1.82, 2.24) is 30.2 Å². The average molecular weight is 359 g/mol. The molecule has 9 nitrogen and oxygen atoms in total. The van der Waals surface area contributed by atoms with Gasteiger partial charge in [-0.25, -0.2) is 19.0 Å². The zero-order valence-corrected chi connectivity index (χ0v) is 14.2. The molecular formula is C16H18FN7O2. The molecule has 0 N–H and O–H groups in total. The number of hydrogen-bond acceptors (Lipinski definition) is 8. The minimum atomic E-state index is -0.320. The van der Waals surface area contributed by atoms with Crippen molar-refractivity contribution in [1.29, 1.82) is 0 Å². The number of fused-ring (bicyclic) bond motifs is 1. The Bertz CT molecular complexity index is 903. The number of halogens is 1. The SMILES string of the molecule is COCCn1nnnc1[C@@H]1CN(c2ncnc3cc(F)ccc23)CCO1. The van der Waals surface area contributed by atoms with Crippen molar-refractivity contribution >= 4 is 16.7 Å². The average Bonchev–Trinajstić information content (AvgIpc) is 3.14. The molecule has 0 radical (unpaired) electrons. The summed E-state index contributed by atoms with van der Waals surface area (Å²) in [7, 11) is 1.63. The van der Waals surface area contributed by atoms with Crippen LogP contribution in [0.25, 0.3) is 10.9 Å². The van der Waals surface area contributed by atoms with Crippen molar-refractivity contribution in [3.63, 3.8) is 0 Å². The van der Waals surface area contributed by atoms with Crippen LogP contribution in [-0.2, 0) is 16.0 Å². The van der Waals surface area contributed by atoms with E-state index in [-0.39, 0.29) is 11.9 Å². The molecule has 3 aromatic rings. The summed E-state index contributed by atoms with van der Waals surface area (Å²) in [4.78, 5) is 10.7. The summed E-state index contributed by atoms with van der Waals surface area (Å²) >= 11 is 0. The molecule has 1 aliphatic rings. The van der Waals surface area contributed by atoms with Gasteiger partial charge < -0.3 is 14.4 Å². The summed E-state index contributed by atoms with van der Waals surface area (Å²) in [5, 5.41) is 12.7. The van der Waals surface area contributed by atoms with Gasteiger partial charge in [0.05, 0.1) is 31.8 Å². The first-order chi connectivity index (χ1) is 12.8. The summed E-state index contributed by atoms with van der Waals surface area (Å²) in [6, 6.07) is 4.52. The third kappa shape index (κ3) is 3.20. The molecule has 1 aliphatic heterocycles. The Morgan fingerprint density at radius 1 is 1.35 bits per heavy atom. The predicted molar refractivity (Wildman–Crippen MR) is 90.1 cm³/mol. The molecule has 0 saturated carbocycles. The molecule has 26 heavy (non-hydrogen) atoms. The van der Waals surface area contributed by atoms with Gasteiger partial charge in [0, 0.05) is 25.1 Å². The van der Waals surface area contributed by atoms with Crippen molar-refractivity contribution in [2.75, 3.05) is 38.3 Å². The van der Waals surface area contributed by atoms with Crippen molar-refractivity contribution < 1.29 is 13.9 Å². The lowest BCUT2D eigenvalue weighted by molar-refractivity contribution is 0.0298. The van der Waals surface area contributed by atoms with Crippen molar-refractivity contribution in [2.24, 2.45) is 0 Å². The summed E-state index contributed by atoms with van der Waals surface area (Å²) in [6.45, 7) is 2.77. The van der Waals surface area contributed by atoms with Gasteiger partial charge in [0.15, 0.2) is 5.82 Å². The molecule has 2 aromatic heterocycles. The van der Waals surface area contributed by atoms with E-state index >= 15 is 0 Å². The first-order valence-electron chi connectivity index (χ1n) is 8.28. The zero-order chi connectivity index (χ0) is 17.9. The van der Waals surface area contributed by atoms with Crippen LogP contribution < -0.4 is 4.90 Å². The van der Waals surface area contributed by atoms with Crippen LogP contribution in [0.4, 0.5) is 10.2 Å². The molecule has 136 valence electrons. The van der Waals surface area contributed by atoms with Crippen LogP contribution in [0.2, 0.25) is 0 Å². The third-order valence-corrected chi connectivity index (χ3v) is 4.30. The summed E-state index contributed by atoms with van der Waals surface area (Å²) in [5.41, 5.74) is 0.572. The molecule has 0 amide bonds. The largest absolute Gasteiger partial charge is 0.383 e. The van der Waals surface area contributed by atoms with Gasteiger partial charge in [0.2, 0.25) is 0 Å². The maximum Gasteiger partial charge on any atom is 0.182 e. The second-order valence-corrected chi connectivity index (χ2v) is 5.92. The van der Waals surface area contributed by atoms with E-state index in [1.165, 1.54) is 18.5 Å². The second-order valence-electron chi connectivity index (χ2n) is 5.92. The number of morpholine rings is 1.